The Morgan fingerprint density at radius 1 is 1.24 bits per heavy atom. The van der Waals surface area contributed by atoms with E-state index in [1.807, 2.05) is 13.3 Å². The Balaban J connectivity index is 1.92. The molecule has 0 saturated carbocycles. The number of rotatable bonds is 5. The molecule has 1 N–H and O–H groups in total. The fraction of sp³-hybridized carbons (Fsp3) is 0.333. The number of anilines is 1. The van der Waals surface area contributed by atoms with E-state index in [0.29, 0.717) is 0 Å². The van der Waals surface area contributed by atoms with Crippen LogP contribution in [0.25, 0.3) is 0 Å². The molecular formula is C9H11N5S3. The summed E-state index contributed by atoms with van der Waals surface area (Å²) >= 11 is 4.85. The first-order chi connectivity index (χ1) is 8.31. The van der Waals surface area contributed by atoms with Crippen LogP contribution in [0.3, 0.4) is 0 Å². The van der Waals surface area contributed by atoms with E-state index in [-0.39, 0.29) is 0 Å². The molecule has 2 aromatic heterocycles. The minimum absolute atomic E-state index is 0.764. The third-order valence-corrected chi connectivity index (χ3v) is 4.93. The SMILES string of the molecule is CNc1cnc(CSc2nnc(SC)s2)cn1. The summed E-state index contributed by atoms with van der Waals surface area (Å²) in [5.74, 6) is 1.54. The lowest BCUT2D eigenvalue weighted by atomic mass is 10.5. The van der Waals surface area contributed by atoms with E-state index in [9.17, 15) is 0 Å². The Labute approximate surface area is 112 Å². The molecular weight excluding hydrogens is 274 g/mol. The van der Waals surface area contributed by atoms with E-state index >= 15 is 0 Å². The van der Waals surface area contributed by atoms with E-state index in [1.165, 1.54) is 0 Å². The van der Waals surface area contributed by atoms with Gasteiger partial charge in [-0.2, -0.15) is 0 Å². The van der Waals surface area contributed by atoms with Crippen LogP contribution in [0.2, 0.25) is 0 Å². The smallest absolute Gasteiger partial charge is 0.175 e. The van der Waals surface area contributed by atoms with Gasteiger partial charge in [0.15, 0.2) is 8.68 Å². The van der Waals surface area contributed by atoms with Gasteiger partial charge in [0.25, 0.3) is 0 Å². The van der Waals surface area contributed by atoms with Crippen LogP contribution < -0.4 is 5.32 Å². The van der Waals surface area contributed by atoms with Crippen LogP contribution in [0.15, 0.2) is 21.1 Å². The Kier molecular flexibility index (Phi) is 4.57. The summed E-state index contributed by atoms with van der Waals surface area (Å²) in [6.45, 7) is 0. The number of hydrogen-bond donors (Lipinski definition) is 1. The summed E-state index contributed by atoms with van der Waals surface area (Å²) in [5.41, 5.74) is 0.940. The van der Waals surface area contributed by atoms with Crippen LogP contribution in [-0.4, -0.2) is 33.5 Å². The largest absolute Gasteiger partial charge is 0.372 e. The summed E-state index contributed by atoms with van der Waals surface area (Å²) in [5, 5.41) is 11.1. The van der Waals surface area contributed by atoms with Crippen molar-refractivity contribution >= 4 is 40.7 Å². The summed E-state index contributed by atoms with van der Waals surface area (Å²) in [4.78, 5) is 8.50. The third-order valence-electron chi connectivity index (χ3n) is 1.87. The van der Waals surface area contributed by atoms with Crippen molar-refractivity contribution in [1.82, 2.24) is 20.2 Å². The summed E-state index contributed by atoms with van der Waals surface area (Å²) in [7, 11) is 1.82. The molecule has 0 aromatic carbocycles. The van der Waals surface area contributed by atoms with Gasteiger partial charge in [-0.1, -0.05) is 34.9 Å². The summed E-state index contributed by atoms with van der Waals surface area (Å²) in [6.07, 6.45) is 5.50. The van der Waals surface area contributed by atoms with Gasteiger partial charge < -0.3 is 5.32 Å². The zero-order valence-electron chi connectivity index (χ0n) is 9.38. The zero-order chi connectivity index (χ0) is 12.1. The molecule has 0 radical (unpaired) electrons. The van der Waals surface area contributed by atoms with Crippen molar-refractivity contribution in [1.29, 1.82) is 0 Å². The van der Waals surface area contributed by atoms with Crippen LogP contribution in [0.5, 0.6) is 0 Å². The van der Waals surface area contributed by atoms with E-state index in [4.69, 9.17) is 0 Å². The normalized spacial score (nSPS) is 10.5. The van der Waals surface area contributed by atoms with Crippen LogP contribution >= 0.6 is 34.9 Å². The lowest BCUT2D eigenvalue weighted by Gasteiger charge is -2.00. The first-order valence-electron chi connectivity index (χ1n) is 4.81. The number of nitrogens with one attached hydrogen (secondary N) is 1. The second-order valence-corrected chi connectivity index (χ2v) is 6.22. The summed E-state index contributed by atoms with van der Waals surface area (Å²) in [6, 6.07) is 0. The van der Waals surface area contributed by atoms with Gasteiger partial charge in [0.1, 0.15) is 5.82 Å². The Morgan fingerprint density at radius 2 is 2.06 bits per heavy atom. The van der Waals surface area contributed by atoms with Crippen LogP contribution in [0, 0.1) is 0 Å². The van der Waals surface area contributed by atoms with Gasteiger partial charge in [-0.3, -0.25) is 4.98 Å². The zero-order valence-corrected chi connectivity index (χ0v) is 11.8. The van der Waals surface area contributed by atoms with Gasteiger partial charge in [0.05, 0.1) is 18.1 Å². The molecule has 0 bridgehead atoms. The second kappa shape index (κ2) is 6.18. The molecule has 0 saturated heterocycles. The highest BCUT2D eigenvalue weighted by Crippen LogP contribution is 2.28. The van der Waals surface area contributed by atoms with Gasteiger partial charge >= 0.3 is 0 Å². The highest BCUT2D eigenvalue weighted by molar-refractivity contribution is 8.02. The molecule has 0 aliphatic carbocycles. The van der Waals surface area contributed by atoms with E-state index in [0.717, 1.165) is 25.9 Å². The first-order valence-corrected chi connectivity index (χ1v) is 7.83. The highest BCUT2D eigenvalue weighted by atomic mass is 32.2. The summed E-state index contributed by atoms with van der Waals surface area (Å²) < 4.78 is 1.96. The average Bonchev–Trinajstić information content (AvgIpc) is 2.85. The Bertz CT molecular complexity index is 470. The van der Waals surface area contributed by atoms with E-state index < -0.39 is 0 Å². The molecule has 0 fully saturated rings. The molecule has 5 nitrogen and oxygen atoms in total. The van der Waals surface area contributed by atoms with Crippen LogP contribution in [-0.2, 0) is 5.75 Å². The Morgan fingerprint density at radius 3 is 2.65 bits per heavy atom. The van der Waals surface area contributed by atoms with Gasteiger partial charge in [0.2, 0.25) is 0 Å². The Hall–Kier alpha value is -0.860. The molecule has 0 unspecified atom stereocenters. The number of nitrogens with zero attached hydrogens (tertiary/aromatic N) is 4. The van der Waals surface area contributed by atoms with Gasteiger partial charge in [-0.15, -0.1) is 10.2 Å². The molecule has 0 aliphatic heterocycles. The van der Waals surface area contributed by atoms with Crippen molar-refractivity contribution in [2.24, 2.45) is 0 Å². The van der Waals surface area contributed by atoms with E-state index in [2.05, 4.69) is 25.5 Å². The van der Waals surface area contributed by atoms with Gasteiger partial charge in [-0.25, -0.2) is 4.98 Å². The van der Waals surface area contributed by atoms with Crippen LogP contribution in [0.4, 0.5) is 5.82 Å². The average molecular weight is 285 g/mol. The standard InChI is InChI=1S/C9H11N5S3/c1-10-7-4-11-6(3-12-7)5-16-9-14-13-8(15-2)17-9/h3-4H,5H2,1-2H3,(H,10,12). The van der Waals surface area contributed by atoms with Crippen molar-refractivity contribution in [3.8, 4) is 0 Å². The van der Waals surface area contributed by atoms with Crippen molar-refractivity contribution in [3.05, 3.63) is 18.1 Å². The molecule has 17 heavy (non-hydrogen) atoms. The number of aromatic nitrogens is 4. The molecule has 0 atom stereocenters. The third kappa shape index (κ3) is 3.55. The number of hydrogen-bond acceptors (Lipinski definition) is 8. The van der Waals surface area contributed by atoms with Crippen LogP contribution in [0.1, 0.15) is 5.69 Å². The molecule has 0 amide bonds. The second-order valence-electron chi connectivity index (χ2n) is 2.97. The maximum absolute atomic E-state index is 4.30. The van der Waals surface area contributed by atoms with Gasteiger partial charge in [0, 0.05) is 12.8 Å². The van der Waals surface area contributed by atoms with E-state index in [1.54, 1.807) is 47.3 Å². The maximum atomic E-state index is 4.30. The maximum Gasteiger partial charge on any atom is 0.175 e. The topological polar surface area (TPSA) is 63.6 Å². The molecule has 2 rings (SSSR count). The van der Waals surface area contributed by atoms with Crippen molar-refractivity contribution in [2.45, 2.75) is 14.4 Å². The fourth-order valence-corrected chi connectivity index (χ4v) is 3.36. The molecule has 8 heteroatoms. The molecule has 90 valence electrons. The van der Waals surface area contributed by atoms with Crippen molar-refractivity contribution in [2.75, 3.05) is 18.6 Å². The monoisotopic (exact) mass is 285 g/mol. The lowest BCUT2D eigenvalue weighted by Crippen LogP contribution is -1.95. The fourth-order valence-electron chi connectivity index (χ4n) is 1.03. The number of thioether (sulfide) groups is 2. The lowest BCUT2D eigenvalue weighted by molar-refractivity contribution is 0.954. The molecule has 2 heterocycles. The van der Waals surface area contributed by atoms with Gasteiger partial charge in [-0.05, 0) is 6.26 Å². The highest BCUT2D eigenvalue weighted by Gasteiger charge is 2.05. The van der Waals surface area contributed by atoms with Crippen molar-refractivity contribution < 1.29 is 0 Å². The molecule has 0 spiro atoms. The first kappa shape index (κ1) is 12.6. The molecule has 2 aromatic rings. The quantitative estimate of drug-likeness (QED) is 0.846. The predicted molar refractivity (Wildman–Crippen MR) is 72.8 cm³/mol. The minimum atomic E-state index is 0.764. The molecule has 0 aliphatic rings. The predicted octanol–water partition coefficient (Wildman–Crippen LogP) is 2.38. The van der Waals surface area contributed by atoms with Crippen molar-refractivity contribution in [3.63, 3.8) is 0 Å². The minimum Gasteiger partial charge on any atom is -0.372 e.